The fraction of sp³-hybridized carbons (Fsp3) is 0.111. The van der Waals surface area contributed by atoms with Crippen LogP contribution in [0.3, 0.4) is 0 Å². The summed E-state index contributed by atoms with van der Waals surface area (Å²) in [6.07, 6.45) is 0. The van der Waals surface area contributed by atoms with Gasteiger partial charge in [-0.3, -0.25) is 19.7 Å². The third kappa shape index (κ3) is 3.00. The van der Waals surface area contributed by atoms with Crippen LogP contribution in [0.4, 0.5) is 11.4 Å². The highest BCUT2D eigenvalue weighted by molar-refractivity contribution is 9.10. The summed E-state index contributed by atoms with van der Waals surface area (Å²) in [5.74, 6) is -1.28. The minimum atomic E-state index is -0.903. The molecule has 0 saturated carbocycles. The molecule has 0 heterocycles. The average Bonchev–Trinajstić information content (AvgIpc) is 2.31. The summed E-state index contributed by atoms with van der Waals surface area (Å²) in [7, 11) is 0. The zero-order valence-electron chi connectivity index (χ0n) is 8.56. The number of halogens is 1. The molecule has 0 atom stereocenters. The third-order valence-electron chi connectivity index (χ3n) is 1.77. The Morgan fingerprint density at radius 1 is 1.53 bits per heavy atom. The second-order valence-corrected chi connectivity index (χ2v) is 3.95. The molecule has 0 unspecified atom stereocenters. The second-order valence-electron chi connectivity index (χ2n) is 3.09. The summed E-state index contributed by atoms with van der Waals surface area (Å²) in [6.45, 7) is 1.14. The Kier molecular flexibility index (Phi) is 3.79. The van der Waals surface area contributed by atoms with E-state index in [1.807, 2.05) is 0 Å². The van der Waals surface area contributed by atoms with Gasteiger partial charge in [-0.05, 0) is 15.9 Å². The molecule has 0 fully saturated rings. The Labute approximate surface area is 103 Å². The normalized spacial score (nSPS) is 9.76. The van der Waals surface area contributed by atoms with E-state index in [1.165, 1.54) is 0 Å². The van der Waals surface area contributed by atoms with Gasteiger partial charge < -0.3 is 10.4 Å². The van der Waals surface area contributed by atoms with Gasteiger partial charge in [-0.2, -0.15) is 0 Å². The van der Waals surface area contributed by atoms with Gasteiger partial charge in [0.05, 0.1) is 15.1 Å². The molecule has 1 aromatic rings. The van der Waals surface area contributed by atoms with Crippen LogP contribution in [0.15, 0.2) is 21.4 Å². The summed E-state index contributed by atoms with van der Waals surface area (Å²) in [5.41, 5.74) is -1.69. The largest absolute Gasteiger partial charge is 0.503 e. The number of carbonyl (C=O) groups excluding carboxylic acids is 1. The summed E-state index contributed by atoms with van der Waals surface area (Å²) in [6, 6.07) is 1.86. The highest BCUT2D eigenvalue weighted by Gasteiger charge is 2.15. The maximum absolute atomic E-state index is 11.6. The predicted molar refractivity (Wildman–Crippen MR) is 63.0 cm³/mol. The summed E-state index contributed by atoms with van der Waals surface area (Å²) in [5, 5.41) is 22.2. The van der Waals surface area contributed by atoms with Crippen molar-refractivity contribution in [2.75, 3.05) is 5.32 Å². The van der Waals surface area contributed by atoms with Gasteiger partial charge >= 0.3 is 0 Å². The van der Waals surface area contributed by atoms with Crippen molar-refractivity contribution in [3.05, 3.63) is 36.9 Å². The van der Waals surface area contributed by atoms with E-state index < -0.39 is 27.7 Å². The predicted octanol–water partition coefficient (Wildman–Crippen LogP) is 1.38. The molecule has 1 rings (SSSR count). The number of nitrogens with one attached hydrogen (secondary N) is 1. The molecule has 0 aliphatic carbocycles. The number of nitro groups is 1. The highest BCUT2D eigenvalue weighted by Crippen LogP contribution is 2.25. The van der Waals surface area contributed by atoms with Gasteiger partial charge in [0.1, 0.15) is 0 Å². The highest BCUT2D eigenvalue weighted by atomic mass is 79.9. The minimum absolute atomic E-state index is 0.120. The molecule has 0 spiro atoms. The topological polar surface area (TPSA) is 110 Å². The maximum Gasteiger partial charge on any atom is 0.272 e. The van der Waals surface area contributed by atoms with Crippen LogP contribution in [0.25, 0.3) is 0 Å². The van der Waals surface area contributed by atoms with Crippen molar-refractivity contribution in [2.24, 2.45) is 0 Å². The summed E-state index contributed by atoms with van der Waals surface area (Å²) in [4.78, 5) is 32.3. The number of rotatable bonds is 2. The van der Waals surface area contributed by atoms with Gasteiger partial charge in [0.2, 0.25) is 11.3 Å². The molecular formula is C9H7BrN2O5. The molecule has 0 radical (unpaired) electrons. The molecule has 0 aliphatic rings. The van der Waals surface area contributed by atoms with Crippen LogP contribution in [0.5, 0.6) is 5.75 Å². The SMILES string of the molecule is CC(=O)Nc1cc([N+](=O)[O-])cc(Br)c(O)c1=O. The van der Waals surface area contributed by atoms with E-state index in [9.17, 15) is 24.8 Å². The van der Waals surface area contributed by atoms with Gasteiger partial charge in [-0.1, -0.05) is 0 Å². The van der Waals surface area contributed by atoms with Gasteiger partial charge in [0, 0.05) is 19.1 Å². The Bertz CT molecular complexity index is 558. The molecule has 0 bridgehead atoms. The third-order valence-corrected chi connectivity index (χ3v) is 2.38. The Morgan fingerprint density at radius 3 is 2.59 bits per heavy atom. The van der Waals surface area contributed by atoms with Gasteiger partial charge in [0.15, 0.2) is 5.75 Å². The number of aromatic hydroxyl groups is 1. The monoisotopic (exact) mass is 302 g/mol. The van der Waals surface area contributed by atoms with Crippen LogP contribution in [0.2, 0.25) is 0 Å². The van der Waals surface area contributed by atoms with E-state index in [1.54, 1.807) is 0 Å². The minimum Gasteiger partial charge on any atom is -0.503 e. The van der Waals surface area contributed by atoms with Crippen molar-refractivity contribution in [3.8, 4) is 5.75 Å². The van der Waals surface area contributed by atoms with E-state index >= 15 is 0 Å². The van der Waals surface area contributed by atoms with Crippen molar-refractivity contribution in [1.82, 2.24) is 0 Å². The zero-order chi connectivity index (χ0) is 13.2. The first kappa shape index (κ1) is 13.1. The van der Waals surface area contributed by atoms with Crippen molar-refractivity contribution >= 4 is 33.2 Å². The summed E-state index contributed by atoms with van der Waals surface area (Å²) < 4.78 is -0.120. The van der Waals surface area contributed by atoms with Crippen LogP contribution in [-0.4, -0.2) is 15.9 Å². The van der Waals surface area contributed by atoms with Gasteiger partial charge in [-0.15, -0.1) is 0 Å². The molecule has 90 valence electrons. The first-order valence-corrected chi connectivity index (χ1v) is 5.11. The molecule has 1 amide bonds. The van der Waals surface area contributed by atoms with Crippen molar-refractivity contribution < 1.29 is 14.8 Å². The fourth-order valence-electron chi connectivity index (χ4n) is 1.08. The molecule has 17 heavy (non-hydrogen) atoms. The van der Waals surface area contributed by atoms with E-state index in [2.05, 4.69) is 21.2 Å². The lowest BCUT2D eigenvalue weighted by molar-refractivity contribution is -0.384. The Hall–Kier alpha value is -1.96. The second kappa shape index (κ2) is 4.91. The molecule has 0 aliphatic heterocycles. The van der Waals surface area contributed by atoms with Crippen molar-refractivity contribution in [2.45, 2.75) is 6.92 Å². The number of carbonyl (C=O) groups is 1. The lowest BCUT2D eigenvalue weighted by Gasteiger charge is -1.96. The molecular weight excluding hydrogens is 296 g/mol. The van der Waals surface area contributed by atoms with E-state index in [0.717, 1.165) is 19.1 Å². The van der Waals surface area contributed by atoms with Crippen LogP contribution in [0.1, 0.15) is 6.92 Å². The van der Waals surface area contributed by atoms with E-state index in [-0.39, 0.29) is 10.2 Å². The van der Waals surface area contributed by atoms with Crippen LogP contribution in [-0.2, 0) is 4.79 Å². The van der Waals surface area contributed by atoms with E-state index in [0.29, 0.717) is 0 Å². The number of hydrogen-bond acceptors (Lipinski definition) is 5. The smallest absolute Gasteiger partial charge is 0.272 e. The number of amides is 1. The molecule has 8 heteroatoms. The van der Waals surface area contributed by atoms with Crippen LogP contribution < -0.4 is 10.7 Å². The number of hydrogen-bond donors (Lipinski definition) is 2. The number of anilines is 1. The molecule has 2 N–H and O–H groups in total. The quantitative estimate of drug-likeness (QED) is 0.633. The maximum atomic E-state index is 11.6. The Morgan fingerprint density at radius 2 is 2.12 bits per heavy atom. The van der Waals surface area contributed by atoms with Gasteiger partial charge in [0.25, 0.3) is 5.69 Å². The zero-order valence-corrected chi connectivity index (χ0v) is 10.1. The van der Waals surface area contributed by atoms with E-state index in [4.69, 9.17) is 0 Å². The van der Waals surface area contributed by atoms with Crippen molar-refractivity contribution in [3.63, 3.8) is 0 Å². The standard InChI is InChI=1S/C9H7BrN2O5/c1-4(13)11-7-3-5(12(16)17)2-6(10)8(14)9(7)15/h2-3H,1H3,(H2,11,13,14,15). The summed E-state index contributed by atoms with van der Waals surface area (Å²) >= 11 is 2.83. The first-order chi connectivity index (χ1) is 7.82. The van der Waals surface area contributed by atoms with Crippen LogP contribution in [0, 0.1) is 10.1 Å². The molecule has 0 saturated heterocycles. The number of nitrogens with zero attached hydrogens (tertiary/aromatic N) is 1. The first-order valence-electron chi connectivity index (χ1n) is 4.31. The fourth-order valence-corrected chi connectivity index (χ4v) is 1.49. The molecule has 0 aromatic heterocycles. The van der Waals surface area contributed by atoms with Crippen LogP contribution >= 0.6 is 15.9 Å². The lowest BCUT2D eigenvalue weighted by atomic mass is 10.3. The molecule has 1 aromatic carbocycles. The van der Waals surface area contributed by atoms with Gasteiger partial charge in [-0.25, -0.2) is 0 Å². The molecule has 7 nitrogen and oxygen atoms in total. The van der Waals surface area contributed by atoms with Crippen molar-refractivity contribution in [1.29, 1.82) is 0 Å². The Balaban J connectivity index is 3.60. The average molecular weight is 303 g/mol. The lowest BCUT2D eigenvalue weighted by Crippen LogP contribution is -2.13.